The summed E-state index contributed by atoms with van der Waals surface area (Å²) in [6.07, 6.45) is 0. The van der Waals surface area contributed by atoms with Gasteiger partial charge in [0.15, 0.2) is 0 Å². The molecule has 3 rings (SSSR count). The summed E-state index contributed by atoms with van der Waals surface area (Å²) in [4.78, 5) is 19.5. The molecule has 0 atom stereocenters. The molecule has 1 heterocycles. The van der Waals surface area contributed by atoms with Gasteiger partial charge in [-0.05, 0) is 36.4 Å². The molecule has 0 spiro atoms. The summed E-state index contributed by atoms with van der Waals surface area (Å²) in [6, 6.07) is 10.6. The van der Waals surface area contributed by atoms with Gasteiger partial charge in [-0.1, -0.05) is 0 Å². The van der Waals surface area contributed by atoms with Crippen molar-refractivity contribution >= 4 is 17.0 Å². The van der Waals surface area contributed by atoms with E-state index in [9.17, 15) is 4.79 Å². The largest absolute Gasteiger partial charge is 0.497 e. The Morgan fingerprint density at radius 1 is 1.00 bits per heavy atom. The molecule has 0 aliphatic heterocycles. The van der Waals surface area contributed by atoms with Crippen LogP contribution in [0.3, 0.4) is 0 Å². The van der Waals surface area contributed by atoms with E-state index in [4.69, 9.17) is 18.9 Å². The summed E-state index contributed by atoms with van der Waals surface area (Å²) in [6.45, 7) is 0.213. The Labute approximate surface area is 144 Å². The summed E-state index contributed by atoms with van der Waals surface area (Å²) >= 11 is 0. The number of carbonyl (C=O) groups excluding carboxylic acids is 1. The normalized spacial score (nSPS) is 10.5. The molecule has 130 valence electrons. The predicted molar refractivity (Wildman–Crippen MR) is 91.3 cm³/mol. The van der Waals surface area contributed by atoms with Crippen LogP contribution < -0.4 is 14.2 Å². The molecule has 0 unspecified atom stereocenters. The van der Waals surface area contributed by atoms with Crippen LogP contribution >= 0.6 is 0 Å². The van der Waals surface area contributed by atoms with E-state index >= 15 is 0 Å². The second-order valence-corrected chi connectivity index (χ2v) is 5.18. The maximum atomic E-state index is 11.9. The lowest BCUT2D eigenvalue weighted by molar-refractivity contribution is 0.0602. The molecule has 0 aliphatic rings. The third-order valence-electron chi connectivity index (χ3n) is 3.72. The number of aromatic amines is 1. The molecule has 1 N–H and O–H groups in total. The van der Waals surface area contributed by atoms with Gasteiger partial charge in [0, 0.05) is 0 Å². The third-order valence-corrected chi connectivity index (χ3v) is 3.72. The fourth-order valence-corrected chi connectivity index (χ4v) is 2.45. The first-order valence-electron chi connectivity index (χ1n) is 7.57. The minimum absolute atomic E-state index is 0.213. The van der Waals surface area contributed by atoms with Gasteiger partial charge < -0.3 is 23.9 Å². The molecule has 7 nitrogen and oxygen atoms in total. The van der Waals surface area contributed by atoms with Crippen molar-refractivity contribution < 1.29 is 23.7 Å². The highest BCUT2D eigenvalue weighted by Crippen LogP contribution is 2.27. The van der Waals surface area contributed by atoms with Gasteiger partial charge in [0.2, 0.25) is 0 Å². The lowest BCUT2D eigenvalue weighted by atomic mass is 10.2. The summed E-state index contributed by atoms with van der Waals surface area (Å²) in [5.41, 5.74) is 1.48. The molecular formula is C18H18N2O5. The maximum Gasteiger partial charge on any atom is 0.340 e. The summed E-state index contributed by atoms with van der Waals surface area (Å²) in [7, 11) is 4.50. The second kappa shape index (κ2) is 7.12. The van der Waals surface area contributed by atoms with Gasteiger partial charge in [0.25, 0.3) is 0 Å². The Morgan fingerprint density at radius 3 is 2.36 bits per heavy atom. The van der Waals surface area contributed by atoms with E-state index in [0.29, 0.717) is 33.9 Å². The van der Waals surface area contributed by atoms with E-state index < -0.39 is 5.97 Å². The number of nitrogens with one attached hydrogen (secondary N) is 1. The highest BCUT2D eigenvalue weighted by atomic mass is 16.5. The number of carbonyl (C=O) groups is 1. The van der Waals surface area contributed by atoms with Crippen molar-refractivity contribution in [1.29, 1.82) is 0 Å². The van der Waals surface area contributed by atoms with Gasteiger partial charge in [0.1, 0.15) is 40.7 Å². The molecule has 3 aromatic rings. The number of fused-ring (bicyclic) bond motifs is 1. The monoisotopic (exact) mass is 342 g/mol. The number of ether oxygens (including phenoxy) is 4. The van der Waals surface area contributed by atoms with Crippen LogP contribution in [0.2, 0.25) is 0 Å². The fourth-order valence-electron chi connectivity index (χ4n) is 2.45. The lowest BCUT2D eigenvalue weighted by Gasteiger charge is -2.05. The molecule has 25 heavy (non-hydrogen) atoms. The first-order chi connectivity index (χ1) is 12.2. The van der Waals surface area contributed by atoms with Crippen LogP contribution in [0.25, 0.3) is 11.0 Å². The average molecular weight is 342 g/mol. The zero-order valence-corrected chi connectivity index (χ0v) is 14.2. The fraction of sp³-hybridized carbons (Fsp3) is 0.222. The maximum absolute atomic E-state index is 11.9. The van der Waals surface area contributed by atoms with Gasteiger partial charge in [-0.15, -0.1) is 0 Å². The van der Waals surface area contributed by atoms with Crippen molar-refractivity contribution in [3.8, 4) is 17.2 Å². The zero-order valence-electron chi connectivity index (χ0n) is 14.2. The van der Waals surface area contributed by atoms with Crippen molar-refractivity contribution in [2.75, 3.05) is 21.3 Å². The highest BCUT2D eigenvalue weighted by Gasteiger charge is 2.17. The summed E-state index contributed by atoms with van der Waals surface area (Å²) in [5.74, 6) is 2.14. The number of esters is 1. The first kappa shape index (κ1) is 16.6. The lowest BCUT2D eigenvalue weighted by Crippen LogP contribution is -2.02. The minimum atomic E-state index is -0.457. The Balaban J connectivity index is 1.87. The predicted octanol–water partition coefficient (Wildman–Crippen LogP) is 2.95. The van der Waals surface area contributed by atoms with Crippen LogP contribution in [0.1, 0.15) is 16.2 Å². The van der Waals surface area contributed by atoms with E-state index in [1.165, 1.54) is 7.11 Å². The Kier molecular flexibility index (Phi) is 4.74. The van der Waals surface area contributed by atoms with Crippen molar-refractivity contribution in [2.24, 2.45) is 0 Å². The quantitative estimate of drug-likeness (QED) is 0.694. The molecule has 1 aromatic heterocycles. The second-order valence-electron chi connectivity index (χ2n) is 5.18. The van der Waals surface area contributed by atoms with Crippen LogP contribution in [0.4, 0.5) is 0 Å². The molecule has 0 fully saturated rings. The number of nitrogens with zero attached hydrogens (tertiary/aromatic N) is 1. The number of H-pyrrole nitrogens is 1. The Bertz CT molecular complexity index is 886. The molecule has 0 saturated carbocycles. The van der Waals surface area contributed by atoms with E-state index in [1.807, 2.05) is 24.3 Å². The summed E-state index contributed by atoms with van der Waals surface area (Å²) < 4.78 is 20.9. The number of rotatable bonds is 6. The minimum Gasteiger partial charge on any atom is -0.497 e. The number of methoxy groups -OCH3 is 3. The van der Waals surface area contributed by atoms with Gasteiger partial charge in [0.05, 0.1) is 26.9 Å². The Hall–Kier alpha value is -3.22. The highest BCUT2D eigenvalue weighted by molar-refractivity contribution is 6.03. The van der Waals surface area contributed by atoms with Crippen molar-refractivity contribution in [1.82, 2.24) is 9.97 Å². The van der Waals surface area contributed by atoms with Gasteiger partial charge >= 0.3 is 5.97 Å². The molecule has 0 bridgehead atoms. The molecule has 0 amide bonds. The summed E-state index contributed by atoms with van der Waals surface area (Å²) in [5, 5.41) is 0. The van der Waals surface area contributed by atoms with Crippen LogP contribution in [0.5, 0.6) is 17.2 Å². The number of hydrogen-bond acceptors (Lipinski definition) is 6. The van der Waals surface area contributed by atoms with Gasteiger partial charge in [-0.2, -0.15) is 0 Å². The third kappa shape index (κ3) is 3.35. The van der Waals surface area contributed by atoms with E-state index in [2.05, 4.69) is 9.97 Å². The SMILES string of the molecule is COC(=O)c1ccc(OC)c2[nH]c(COc3ccc(OC)cc3)nc12. The first-order valence-corrected chi connectivity index (χ1v) is 7.57. The van der Waals surface area contributed by atoms with Crippen LogP contribution in [-0.2, 0) is 11.3 Å². The smallest absolute Gasteiger partial charge is 0.340 e. The number of imidazole rings is 1. The van der Waals surface area contributed by atoms with Gasteiger partial charge in [-0.25, -0.2) is 9.78 Å². The molecule has 0 radical (unpaired) electrons. The Morgan fingerprint density at radius 2 is 1.72 bits per heavy atom. The molecule has 2 aromatic carbocycles. The van der Waals surface area contributed by atoms with Crippen LogP contribution in [0, 0.1) is 0 Å². The standard InChI is InChI=1S/C18H18N2O5/c1-22-11-4-6-12(7-5-11)25-10-15-19-16-13(18(21)24-3)8-9-14(23-2)17(16)20-15/h4-9H,10H2,1-3H3,(H,19,20). The molecular weight excluding hydrogens is 324 g/mol. The molecule has 7 heteroatoms. The van der Waals surface area contributed by atoms with E-state index in [1.54, 1.807) is 26.4 Å². The average Bonchev–Trinajstić information content (AvgIpc) is 3.09. The van der Waals surface area contributed by atoms with E-state index in [0.717, 1.165) is 5.75 Å². The van der Waals surface area contributed by atoms with Crippen LogP contribution in [-0.4, -0.2) is 37.3 Å². The number of benzene rings is 2. The van der Waals surface area contributed by atoms with Gasteiger partial charge in [-0.3, -0.25) is 0 Å². The number of hydrogen-bond donors (Lipinski definition) is 1. The topological polar surface area (TPSA) is 82.7 Å². The van der Waals surface area contributed by atoms with Crippen molar-refractivity contribution in [3.05, 3.63) is 47.8 Å². The molecule has 0 aliphatic carbocycles. The molecule has 0 saturated heterocycles. The van der Waals surface area contributed by atoms with Crippen molar-refractivity contribution in [3.63, 3.8) is 0 Å². The van der Waals surface area contributed by atoms with Crippen molar-refractivity contribution in [2.45, 2.75) is 6.61 Å². The number of aromatic nitrogens is 2. The zero-order chi connectivity index (χ0) is 17.8. The van der Waals surface area contributed by atoms with Crippen LogP contribution in [0.15, 0.2) is 36.4 Å². The van der Waals surface area contributed by atoms with E-state index in [-0.39, 0.29) is 6.61 Å².